The number of rotatable bonds is 10. The van der Waals surface area contributed by atoms with Crippen molar-refractivity contribution in [3.05, 3.63) is 117 Å². The van der Waals surface area contributed by atoms with E-state index in [0.717, 1.165) is 4.90 Å². The number of hydrogen-bond donors (Lipinski definition) is 2. The lowest BCUT2D eigenvalue weighted by atomic mass is 9.74. The van der Waals surface area contributed by atoms with E-state index in [4.69, 9.17) is 32.7 Å². The number of nitrogens with zero attached hydrogens (tertiary/aromatic N) is 1. The fraction of sp³-hybridized carbons (Fsp3) is 0.371. The van der Waals surface area contributed by atoms with E-state index in [1.807, 2.05) is 6.92 Å². The first-order valence-corrected chi connectivity index (χ1v) is 15.7. The van der Waals surface area contributed by atoms with Gasteiger partial charge in [0.25, 0.3) is 5.91 Å². The lowest BCUT2D eigenvalue weighted by molar-refractivity contribution is -0.152. The van der Waals surface area contributed by atoms with E-state index in [2.05, 4.69) is 6.58 Å². The zero-order chi connectivity index (χ0) is 32.5. The Morgan fingerprint density at radius 1 is 1.16 bits per heavy atom. The third kappa shape index (κ3) is 5.90. The third-order valence-electron chi connectivity index (χ3n) is 9.10. The molecule has 5 rings (SSSR count). The highest BCUT2D eigenvalue weighted by Gasteiger charge is 2.57. The number of carbonyl (C=O) groups is 2. The number of ether oxygens (including phenoxy) is 2. The highest BCUT2D eigenvalue weighted by molar-refractivity contribution is 6.30. The summed E-state index contributed by atoms with van der Waals surface area (Å²) in [4.78, 5) is 29.1. The van der Waals surface area contributed by atoms with Gasteiger partial charge in [-0.25, -0.2) is 4.39 Å². The number of hydrogen-bond acceptors (Lipinski definition) is 6. The van der Waals surface area contributed by atoms with Crippen LogP contribution in [0.4, 0.5) is 4.39 Å². The highest BCUT2D eigenvalue weighted by atomic mass is 35.5. The molecule has 2 heterocycles. The predicted octanol–water partition coefficient (Wildman–Crippen LogP) is 6.91. The van der Waals surface area contributed by atoms with E-state index >= 15 is 4.39 Å². The summed E-state index contributed by atoms with van der Waals surface area (Å²) in [5, 5.41) is 25.5. The van der Waals surface area contributed by atoms with E-state index < -0.39 is 41.0 Å². The van der Waals surface area contributed by atoms with Crippen LogP contribution in [0.3, 0.4) is 0 Å². The molecule has 0 aromatic heterocycles. The van der Waals surface area contributed by atoms with Crippen molar-refractivity contribution in [1.29, 1.82) is 0 Å². The minimum atomic E-state index is -2.38. The molecule has 2 N–H and O–H groups in total. The first kappa shape index (κ1) is 33.1. The average molecular weight is 657 g/mol. The summed E-state index contributed by atoms with van der Waals surface area (Å²) >= 11 is 12.4. The van der Waals surface area contributed by atoms with Crippen molar-refractivity contribution in [3.63, 3.8) is 0 Å². The van der Waals surface area contributed by atoms with Gasteiger partial charge in [-0.1, -0.05) is 67.0 Å². The van der Waals surface area contributed by atoms with E-state index in [1.165, 1.54) is 42.5 Å². The standard InChI is InChI=1S/C35H36Cl2FNO6/c1-4-16-45-33(41)21(3)31(22-6-10-26(36)11-7-22)39-32(40)28-19-25(34(42,5-2)23-14-17-44-18-15-23)20-29(38)30(28)35(39,43)24-8-12-27(37)13-9-24/h4,6-13,19-21,23,31,42-43H,1,5,14-18H2,2-3H3/t21-,31-,34?,35?/m0/s1. The Bertz CT molecular complexity index is 1580. The molecule has 0 saturated carbocycles. The van der Waals surface area contributed by atoms with Gasteiger partial charge in [0.05, 0.1) is 28.7 Å². The molecule has 0 spiro atoms. The molecule has 238 valence electrons. The van der Waals surface area contributed by atoms with Crippen LogP contribution in [0.2, 0.25) is 10.0 Å². The number of benzene rings is 3. The summed E-state index contributed by atoms with van der Waals surface area (Å²) < 4.78 is 27.5. The molecule has 1 saturated heterocycles. The zero-order valence-corrected chi connectivity index (χ0v) is 26.7. The number of amides is 1. The van der Waals surface area contributed by atoms with Crippen molar-refractivity contribution in [2.24, 2.45) is 11.8 Å². The molecule has 45 heavy (non-hydrogen) atoms. The van der Waals surface area contributed by atoms with Crippen LogP contribution in [0, 0.1) is 17.7 Å². The minimum absolute atomic E-state index is 0.0636. The molecule has 2 unspecified atom stereocenters. The van der Waals surface area contributed by atoms with Crippen LogP contribution in [-0.4, -0.2) is 46.8 Å². The summed E-state index contributed by atoms with van der Waals surface area (Å²) in [7, 11) is 0. The molecule has 3 aromatic rings. The van der Waals surface area contributed by atoms with Gasteiger partial charge in [-0.05, 0) is 79.6 Å². The van der Waals surface area contributed by atoms with Gasteiger partial charge >= 0.3 is 5.97 Å². The van der Waals surface area contributed by atoms with Crippen molar-refractivity contribution in [2.75, 3.05) is 19.8 Å². The molecule has 1 fully saturated rings. The van der Waals surface area contributed by atoms with Crippen molar-refractivity contribution in [1.82, 2.24) is 4.90 Å². The summed E-state index contributed by atoms with van der Waals surface area (Å²) in [6, 6.07) is 14.1. The van der Waals surface area contributed by atoms with Crippen molar-refractivity contribution in [2.45, 2.75) is 50.5 Å². The molecule has 1 amide bonds. The number of carbonyl (C=O) groups excluding carboxylic acids is 2. The van der Waals surface area contributed by atoms with Crippen molar-refractivity contribution in [3.8, 4) is 0 Å². The van der Waals surface area contributed by atoms with Crippen LogP contribution >= 0.6 is 23.2 Å². The molecule has 0 aliphatic carbocycles. The molecule has 2 aliphatic heterocycles. The SMILES string of the molecule is C=CCOC(=O)[C@@H](C)[C@@H](c1ccc(Cl)cc1)N1C(=O)c2cc(C(O)(CC)C3CCOCC3)cc(F)c2C1(O)c1ccc(Cl)cc1. The number of fused-ring (bicyclic) bond motifs is 1. The fourth-order valence-electron chi connectivity index (χ4n) is 6.70. The monoisotopic (exact) mass is 655 g/mol. The number of halogens is 3. The smallest absolute Gasteiger partial charge is 0.311 e. The fourth-order valence-corrected chi connectivity index (χ4v) is 6.95. The second-order valence-corrected chi connectivity index (χ2v) is 12.5. The topological polar surface area (TPSA) is 96.3 Å². The maximum absolute atomic E-state index is 16.6. The van der Waals surface area contributed by atoms with Crippen LogP contribution < -0.4 is 0 Å². The average Bonchev–Trinajstić information content (AvgIpc) is 3.28. The summed E-state index contributed by atoms with van der Waals surface area (Å²) in [5.74, 6) is -3.50. The van der Waals surface area contributed by atoms with E-state index in [-0.39, 0.29) is 41.2 Å². The molecule has 10 heteroatoms. The molecular formula is C35H36Cl2FNO6. The predicted molar refractivity (Wildman–Crippen MR) is 169 cm³/mol. The number of esters is 1. The van der Waals surface area contributed by atoms with Crippen LogP contribution in [0.25, 0.3) is 0 Å². The first-order chi connectivity index (χ1) is 21.5. The Morgan fingerprint density at radius 3 is 2.33 bits per heavy atom. The Morgan fingerprint density at radius 2 is 1.76 bits per heavy atom. The molecule has 4 atom stereocenters. The molecular weight excluding hydrogens is 620 g/mol. The van der Waals surface area contributed by atoms with Gasteiger partial charge in [0.2, 0.25) is 0 Å². The first-order valence-electron chi connectivity index (χ1n) is 15.0. The van der Waals surface area contributed by atoms with E-state index in [1.54, 1.807) is 31.2 Å². The van der Waals surface area contributed by atoms with Crippen LogP contribution in [-0.2, 0) is 25.6 Å². The second-order valence-electron chi connectivity index (χ2n) is 11.6. The third-order valence-corrected chi connectivity index (χ3v) is 9.60. The molecule has 3 aromatic carbocycles. The lowest BCUT2D eigenvalue weighted by Gasteiger charge is -2.42. The normalized spacial score (nSPS) is 21.1. The van der Waals surface area contributed by atoms with Crippen LogP contribution in [0.5, 0.6) is 0 Å². The van der Waals surface area contributed by atoms with Gasteiger partial charge in [-0.2, -0.15) is 0 Å². The molecule has 2 aliphatic rings. The highest BCUT2D eigenvalue weighted by Crippen LogP contribution is 2.51. The van der Waals surface area contributed by atoms with Crippen LogP contribution in [0.15, 0.2) is 73.3 Å². The maximum Gasteiger partial charge on any atom is 0.311 e. The lowest BCUT2D eigenvalue weighted by Crippen LogP contribution is -2.50. The Kier molecular flexibility index (Phi) is 9.73. The van der Waals surface area contributed by atoms with Crippen molar-refractivity contribution >= 4 is 35.1 Å². The minimum Gasteiger partial charge on any atom is -0.461 e. The Hall–Kier alpha value is -3.27. The zero-order valence-electron chi connectivity index (χ0n) is 25.1. The van der Waals surface area contributed by atoms with Gasteiger partial charge in [-0.15, -0.1) is 0 Å². The van der Waals surface area contributed by atoms with Crippen LogP contribution in [0.1, 0.15) is 71.8 Å². The van der Waals surface area contributed by atoms with E-state index in [9.17, 15) is 19.8 Å². The van der Waals surface area contributed by atoms with E-state index in [0.29, 0.717) is 41.7 Å². The summed E-state index contributed by atoms with van der Waals surface area (Å²) in [5.41, 5.74) is -3.36. The Balaban J connectivity index is 1.74. The van der Waals surface area contributed by atoms with Gasteiger partial charge < -0.3 is 19.7 Å². The van der Waals surface area contributed by atoms with Gasteiger partial charge in [0, 0.05) is 28.8 Å². The van der Waals surface area contributed by atoms with Gasteiger partial charge in [0.15, 0.2) is 5.72 Å². The Labute approximate surface area is 272 Å². The maximum atomic E-state index is 16.6. The van der Waals surface area contributed by atoms with Gasteiger partial charge in [0.1, 0.15) is 12.4 Å². The number of aliphatic hydroxyl groups is 2. The van der Waals surface area contributed by atoms with Crippen molar-refractivity contribution < 1.29 is 33.7 Å². The molecule has 0 radical (unpaired) electrons. The van der Waals surface area contributed by atoms with Gasteiger partial charge in [-0.3, -0.25) is 14.5 Å². The quantitative estimate of drug-likeness (QED) is 0.182. The molecule has 7 nitrogen and oxygen atoms in total. The summed E-state index contributed by atoms with van der Waals surface area (Å²) in [6.45, 7) is 7.85. The second kappa shape index (κ2) is 13.2. The molecule has 0 bridgehead atoms. The largest absolute Gasteiger partial charge is 0.461 e. The summed E-state index contributed by atoms with van der Waals surface area (Å²) in [6.07, 6.45) is 2.84.